The lowest BCUT2D eigenvalue weighted by molar-refractivity contribution is 0.100. The molecule has 132 valence electrons. The van der Waals surface area contributed by atoms with Crippen molar-refractivity contribution >= 4 is 56.3 Å². The van der Waals surface area contributed by atoms with Crippen LogP contribution in [-0.4, -0.2) is 39.9 Å². The summed E-state index contributed by atoms with van der Waals surface area (Å²) in [6, 6.07) is 1.86. The zero-order chi connectivity index (χ0) is 17.9. The number of thiophene rings is 1. The Morgan fingerprint density at radius 3 is 2.83 bits per heavy atom. The van der Waals surface area contributed by atoms with Gasteiger partial charge < -0.3 is 16.2 Å². The van der Waals surface area contributed by atoms with E-state index < -0.39 is 12.0 Å². The van der Waals surface area contributed by atoms with Gasteiger partial charge in [-0.25, -0.2) is 4.98 Å². The molecule has 1 amide bonds. The van der Waals surface area contributed by atoms with E-state index in [4.69, 9.17) is 5.73 Å². The third kappa shape index (κ3) is 5.82. The number of nitrogens with two attached hydrogens (primary N) is 1. The van der Waals surface area contributed by atoms with Crippen LogP contribution in [0.4, 0.5) is 0 Å². The molecule has 0 radical (unpaired) electrons. The van der Waals surface area contributed by atoms with Crippen LogP contribution in [0, 0.1) is 0 Å². The predicted octanol–water partition coefficient (Wildman–Crippen LogP) is 3.57. The summed E-state index contributed by atoms with van der Waals surface area (Å²) in [5, 5.41) is 15.3. The molecule has 1 atom stereocenters. The summed E-state index contributed by atoms with van der Waals surface area (Å²) in [5.41, 5.74) is 6.15. The van der Waals surface area contributed by atoms with Crippen molar-refractivity contribution in [2.24, 2.45) is 5.73 Å². The first-order valence-corrected chi connectivity index (χ1v) is 10.7. The summed E-state index contributed by atoms with van der Waals surface area (Å²) in [7, 11) is 0. The molecule has 0 fully saturated rings. The van der Waals surface area contributed by atoms with E-state index in [0.717, 1.165) is 14.9 Å². The standard InChI is InChI=1S/C15H20BrN3O2S3/c1-15(2,3)18-5-8(20)6-22-14-19-10(7-23-14)11-4-9(16)12(24-11)13(17)21/h4,7-8,18,20H,5-6H2,1-3H3,(H2,17,21). The number of β-amino-alcohol motifs (C(OH)–C–C–N with tert-alkyl or cyclic N) is 1. The average molecular weight is 450 g/mol. The molecule has 0 saturated heterocycles. The first-order valence-electron chi connectivity index (χ1n) is 7.26. The molecule has 1 unspecified atom stereocenters. The van der Waals surface area contributed by atoms with Crippen LogP contribution < -0.4 is 11.1 Å². The number of thioether (sulfide) groups is 1. The van der Waals surface area contributed by atoms with Crippen LogP contribution in [0.2, 0.25) is 0 Å². The van der Waals surface area contributed by atoms with Gasteiger partial charge in [-0.3, -0.25) is 4.79 Å². The van der Waals surface area contributed by atoms with Crippen LogP contribution in [0.5, 0.6) is 0 Å². The summed E-state index contributed by atoms with van der Waals surface area (Å²) in [6.45, 7) is 6.76. The van der Waals surface area contributed by atoms with Crippen molar-refractivity contribution in [2.45, 2.75) is 36.8 Å². The second-order valence-corrected chi connectivity index (χ2v) is 10.3. The molecule has 0 spiro atoms. The Balaban J connectivity index is 1.94. The molecule has 2 heterocycles. The Morgan fingerprint density at radius 1 is 1.54 bits per heavy atom. The fourth-order valence-corrected chi connectivity index (χ4v) is 5.29. The van der Waals surface area contributed by atoms with E-state index in [1.54, 1.807) is 0 Å². The van der Waals surface area contributed by atoms with Crippen LogP contribution in [0.1, 0.15) is 30.4 Å². The number of thiazole rings is 1. The van der Waals surface area contributed by atoms with Gasteiger partial charge in [-0.2, -0.15) is 0 Å². The lowest BCUT2D eigenvalue weighted by Crippen LogP contribution is -2.41. The summed E-state index contributed by atoms with van der Waals surface area (Å²) in [4.78, 5) is 17.3. The summed E-state index contributed by atoms with van der Waals surface area (Å²) in [6.07, 6.45) is -0.432. The molecule has 2 rings (SSSR count). The number of primary amides is 1. The number of nitrogens with zero attached hydrogens (tertiary/aromatic N) is 1. The van der Waals surface area contributed by atoms with Gasteiger partial charge in [0.25, 0.3) is 5.91 Å². The van der Waals surface area contributed by atoms with Crippen LogP contribution in [0.25, 0.3) is 10.6 Å². The number of aliphatic hydroxyl groups is 1. The fourth-order valence-electron chi connectivity index (χ4n) is 1.75. The van der Waals surface area contributed by atoms with Crippen molar-refractivity contribution in [1.29, 1.82) is 0 Å². The van der Waals surface area contributed by atoms with Gasteiger partial charge in [0.15, 0.2) is 4.34 Å². The smallest absolute Gasteiger partial charge is 0.259 e. The van der Waals surface area contributed by atoms with Crippen LogP contribution in [0.3, 0.4) is 0 Å². The van der Waals surface area contributed by atoms with E-state index in [-0.39, 0.29) is 5.54 Å². The first kappa shape index (κ1) is 19.9. The number of carbonyl (C=O) groups excluding carboxylic acids is 1. The van der Waals surface area contributed by atoms with E-state index in [0.29, 0.717) is 21.6 Å². The fraction of sp³-hybridized carbons (Fsp3) is 0.467. The molecule has 0 aliphatic heterocycles. The second-order valence-electron chi connectivity index (χ2n) is 6.25. The molecule has 5 nitrogen and oxygen atoms in total. The van der Waals surface area contributed by atoms with Crippen LogP contribution >= 0.6 is 50.4 Å². The molecule has 24 heavy (non-hydrogen) atoms. The quantitative estimate of drug-likeness (QED) is 0.562. The van der Waals surface area contributed by atoms with Crippen LogP contribution in [-0.2, 0) is 0 Å². The Morgan fingerprint density at radius 2 is 2.25 bits per heavy atom. The predicted molar refractivity (Wildman–Crippen MR) is 106 cm³/mol. The normalized spacial score (nSPS) is 13.2. The molecule has 0 bridgehead atoms. The third-order valence-electron chi connectivity index (χ3n) is 2.91. The number of aromatic nitrogens is 1. The van der Waals surface area contributed by atoms with Gasteiger partial charge in [0.2, 0.25) is 0 Å². The highest BCUT2D eigenvalue weighted by molar-refractivity contribution is 9.10. The number of carbonyl (C=O) groups is 1. The van der Waals surface area contributed by atoms with Gasteiger partial charge in [0.05, 0.1) is 16.7 Å². The number of nitrogens with one attached hydrogen (secondary N) is 1. The SMILES string of the molecule is CC(C)(C)NCC(O)CSc1nc(-c2cc(Br)c(C(N)=O)s2)cs1. The Hall–Kier alpha value is -0.450. The molecule has 9 heteroatoms. The minimum atomic E-state index is -0.447. The number of aliphatic hydroxyl groups excluding tert-OH is 1. The van der Waals surface area contributed by atoms with Crippen molar-refractivity contribution < 1.29 is 9.90 Å². The summed E-state index contributed by atoms with van der Waals surface area (Å²) in [5.74, 6) is 0.133. The van der Waals surface area contributed by atoms with Crippen molar-refractivity contribution in [3.8, 4) is 10.6 Å². The van der Waals surface area contributed by atoms with E-state index in [1.807, 2.05) is 11.4 Å². The van der Waals surface area contributed by atoms with Gasteiger partial charge in [-0.15, -0.1) is 22.7 Å². The number of hydrogen-bond donors (Lipinski definition) is 3. The first-order chi connectivity index (χ1) is 11.2. The molecule has 0 aliphatic rings. The van der Waals surface area contributed by atoms with E-state index in [2.05, 4.69) is 47.0 Å². The zero-order valence-corrected chi connectivity index (χ0v) is 17.7. The van der Waals surface area contributed by atoms with E-state index >= 15 is 0 Å². The topological polar surface area (TPSA) is 88.2 Å². The molecule has 4 N–H and O–H groups in total. The number of hydrogen-bond acceptors (Lipinski definition) is 7. The molecule has 0 aliphatic carbocycles. The molecule has 0 saturated carbocycles. The van der Waals surface area contributed by atoms with Crippen molar-refractivity contribution in [2.75, 3.05) is 12.3 Å². The second kappa shape index (κ2) is 8.29. The third-order valence-corrected chi connectivity index (χ3v) is 7.14. The number of halogens is 1. The molecule has 2 aromatic heterocycles. The molecular weight excluding hydrogens is 430 g/mol. The highest BCUT2D eigenvalue weighted by Crippen LogP contribution is 2.36. The lowest BCUT2D eigenvalue weighted by atomic mass is 10.1. The highest BCUT2D eigenvalue weighted by Gasteiger charge is 2.16. The van der Waals surface area contributed by atoms with Gasteiger partial charge in [0, 0.05) is 27.7 Å². The number of amides is 1. The molecule has 0 aromatic carbocycles. The Labute approximate surface area is 162 Å². The minimum absolute atomic E-state index is 0.00924. The van der Waals surface area contributed by atoms with Gasteiger partial charge in [-0.1, -0.05) is 11.8 Å². The maximum absolute atomic E-state index is 11.3. The minimum Gasteiger partial charge on any atom is -0.391 e. The maximum atomic E-state index is 11.3. The molecular formula is C15H20BrN3O2S3. The van der Waals surface area contributed by atoms with E-state index in [1.165, 1.54) is 34.4 Å². The maximum Gasteiger partial charge on any atom is 0.259 e. The summed E-state index contributed by atoms with van der Waals surface area (Å²) >= 11 is 7.73. The lowest BCUT2D eigenvalue weighted by Gasteiger charge is -2.22. The Kier molecular flexibility index (Phi) is 6.86. The van der Waals surface area contributed by atoms with Gasteiger partial charge in [0.1, 0.15) is 4.88 Å². The van der Waals surface area contributed by atoms with Gasteiger partial charge in [-0.05, 0) is 42.8 Å². The number of rotatable bonds is 7. The highest BCUT2D eigenvalue weighted by atomic mass is 79.9. The monoisotopic (exact) mass is 449 g/mol. The van der Waals surface area contributed by atoms with Gasteiger partial charge >= 0.3 is 0 Å². The van der Waals surface area contributed by atoms with E-state index in [9.17, 15) is 9.90 Å². The van der Waals surface area contributed by atoms with Crippen molar-refractivity contribution in [3.63, 3.8) is 0 Å². The van der Waals surface area contributed by atoms with Crippen LogP contribution in [0.15, 0.2) is 20.3 Å². The van der Waals surface area contributed by atoms with Crippen molar-refractivity contribution in [1.82, 2.24) is 10.3 Å². The Bertz CT molecular complexity index is 709. The largest absolute Gasteiger partial charge is 0.391 e. The van der Waals surface area contributed by atoms with Crippen molar-refractivity contribution in [3.05, 3.63) is 20.8 Å². The molecule has 2 aromatic rings. The average Bonchev–Trinajstić information content (AvgIpc) is 3.08. The summed E-state index contributed by atoms with van der Waals surface area (Å²) < 4.78 is 1.59. The zero-order valence-electron chi connectivity index (χ0n) is 13.6.